The summed E-state index contributed by atoms with van der Waals surface area (Å²) < 4.78 is 64.7. The average Bonchev–Trinajstić information content (AvgIpc) is 2.86. The van der Waals surface area contributed by atoms with Crippen LogP contribution < -0.4 is 15.0 Å². The molecule has 2 aliphatic heterocycles. The second kappa shape index (κ2) is 12.6. The molecule has 0 radical (unpaired) electrons. The summed E-state index contributed by atoms with van der Waals surface area (Å²) in [5.74, 6) is -2.43. The summed E-state index contributed by atoms with van der Waals surface area (Å²) >= 11 is 0. The zero-order chi connectivity index (χ0) is 29.8. The van der Waals surface area contributed by atoms with Gasteiger partial charge in [-0.3, -0.25) is 4.79 Å². The molecular weight excluding hydrogens is 541 g/mol. The molecule has 1 aromatic carbocycles. The van der Waals surface area contributed by atoms with Gasteiger partial charge in [0.1, 0.15) is 11.9 Å². The van der Waals surface area contributed by atoms with E-state index in [4.69, 9.17) is 24.6 Å². The van der Waals surface area contributed by atoms with Crippen LogP contribution >= 0.6 is 0 Å². The monoisotopic (exact) mass is 573 g/mol. The number of fused-ring (bicyclic) bond motifs is 1. The summed E-state index contributed by atoms with van der Waals surface area (Å²) in [7, 11) is 0. The van der Waals surface area contributed by atoms with E-state index in [2.05, 4.69) is 10.2 Å². The highest BCUT2D eigenvalue weighted by Crippen LogP contribution is 2.34. The number of carbonyl (C=O) groups is 2. The van der Waals surface area contributed by atoms with Crippen LogP contribution in [0.3, 0.4) is 0 Å². The average molecular weight is 574 g/mol. The van der Waals surface area contributed by atoms with E-state index in [1.807, 2.05) is 25.7 Å². The number of carboxylic acid groups (broad SMARTS) is 1. The minimum Gasteiger partial charge on any atom is -0.487 e. The van der Waals surface area contributed by atoms with Crippen LogP contribution in [0, 0.1) is 11.6 Å². The van der Waals surface area contributed by atoms with Gasteiger partial charge in [-0.05, 0) is 32.9 Å². The first-order valence-electron chi connectivity index (χ1n) is 12.8. The van der Waals surface area contributed by atoms with E-state index in [-0.39, 0.29) is 29.8 Å². The molecule has 1 aromatic heterocycles. The number of ether oxygens (including phenoxy) is 1. The summed E-state index contributed by atoms with van der Waals surface area (Å²) in [6.07, 6.45) is -3.20. The Bertz CT molecular complexity index is 1220. The number of hydrogen-bond acceptors (Lipinski definition) is 7. The Labute approximate surface area is 228 Å². The second-order valence-electron chi connectivity index (χ2n) is 9.85. The summed E-state index contributed by atoms with van der Waals surface area (Å²) in [6, 6.07) is 3.42. The highest BCUT2D eigenvalue weighted by molar-refractivity contribution is 5.74. The Hall–Kier alpha value is -3.71. The standard InChI is InChI=1S/C24H31F2N5O2.C2HF3O2/c1-14(2)27-23-24(28-20-9-12-31(16(4)32)15(3)22(20)29-23)30-10-7-18(8-11-30)33-21-6-5-17(25)13-19(21)26;3-2(4,5)1(6)7/h5-6,13-15,18H,7-12H2,1-4H3,(H,27,29);(H,6,7). The Balaban J connectivity index is 0.000000559. The number of carbonyl (C=O) groups excluding carboxylic acids is 1. The Morgan fingerprint density at radius 2 is 1.75 bits per heavy atom. The molecule has 14 heteroatoms. The first-order valence-corrected chi connectivity index (χ1v) is 12.8. The van der Waals surface area contributed by atoms with Gasteiger partial charge in [0.05, 0.1) is 17.4 Å². The molecule has 4 rings (SSSR count). The molecule has 1 fully saturated rings. The van der Waals surface area contributed by atoms with Gasteiger partial charge in [0, 0.05) is 57.9 Å². The molecule has 2 aliphatic rings. The smallest absolute Gasteiger partial charge is 0.487 e. The molecule has 0 bridgehead atoms. The van der Waals surface area contributed by atoms with Crippen molar-refractivity contribution in [1.82, 2.24) is 14.9 Å². The van der Waals surface area contributed by atoms with E-state index < -0.39 is 23.8 Å². The lowest BCUT2D eigenvalue weighted by molar-refractivity contribution is -0.192. The molecule has 0 spiro atoms. The van der Waals surface area contributed by atoms with Crippen molar-refractivity contribution in [3.8, 4) is 5.75 Å². The number of hydrogen-bond donors (Lipinski definition) is 2. The van der Waals surface area contributed by atoms with E-state index in [1.165, 1.54) is 12.1 Å². The Kier molecular flexibility index (Phi) is 9.74. The maximum absolute atomic E-state index is 14.0. The van der Waals surface area contributed by atoms with Gasteiger partial charge in [0.15, 0.2) is 23.2 Å². The van der Waals surface area contributed by atoms with E-state index in [9.17, 15) is 26.7 Å². The quantitative estimate of drug-likeness (QED) is 0.495. The maximum Gasteiger partial charge on any atom is 0.490 e. The number of nitrogens with one attached hydrogen (secondary N) is 1. The van der Waals surface area contributed by atoms with Crippen molar-refractivity contribution in [2.45, 2.75) is 71.3 Å². The van der Waals surface area contributed by atoms with Crippen LogP contribution in [0.4, 0.5) is 33.6 Å². The zero-order valence-corrected chi connectivity index (χ0v) is 22.6. The van der Waals surface area contributed by atoms with Gasteiger partial charge in [-0.25, -0.2) is 23.5 Å². The number of carboxylic acids is 1. The normalized spacial score (nSPS) is 17.6. The third-order valence-corrected chi connectivity index (χ3v) is 6.43. The van der Waals surface area contributed by atoms with Gasteiger partial charge in [-0.2, -0.15) is 13.2 Å². The lowest BCUT2D eigenvalue weighted by Crippen LogP contribution is -2.41. The Morgan fingerprint density at radius 3 is 2.27 bits per heavy atom. The van der Waals surface area contributed by atoms with Crippen LogP contribution in [-0.4, -0.2) is 69.8 Å². The summed E-state index contributed by atoms with van der Waals surface area (Å²) in [5, 5.41) is 10.5. The van der Waals surface area contributed by atoms with Crippen molar-refractivity contribution < 1.29 is 41.4 Å². The van der Waals surface area contributed by atoms with Crippen molar-refractivity contribution in [3.63, 3.8) is 0 Å². The van der Waals surface area contributed by atoms with Gasteiger partial charge in [0.2, 0.25) is 5.91 Å². The second-order valence-corrected chi connectivity index (χ2v) is 9.85. The van der Waals surface area contributed by atoms with Crippen molar-refractivity contribution >= 4 is 23.5 Å². The molecule has 1 amide bonds. The van der Waals surface area contributed by atoms with Gasteiger partial charge < -0.3 is 25.0 Å². The Morgan fingerprint density at radius 1 is 1.12 bits per heavy atom. The van der Waals surface area contributed by atoms with Gasteiger partial charge >= 0.3 is 12.1 Å². The fourth-order valence-electron chi connectivity index (χ4n) is 4.52. The molecule has 1 unspecified atom stereocenters. The number of alkyl halides is 3. The van der Waals surface area contributed by atoms with Crippen molar-refractivity contribution in [1.29, 1.82) is 0 Å². The molecule has 220 valence electrons. The number of benzene rings is 1. The lowest BCUT2D eigenvalue weighted by Gasteiger charge is -2.37. The number of piperidine rings is 1. The number of anilines is 2. The van der Waals surface area contributed by atoms with E-state index in [0.29, 0.717) is 44.7 Å². The number of aromatic nitrogens is 2. The lowest BCUT2D eigenvalue weighted by atomic mass is 10.0. The van der Waals surface area contributed by atoms with Crippen molar-refractivity contribution in [3.05, 3.63) is 41.2 Å². The predicted molar refractivity (Wildman–Crippen MR) is 136 cm³/mol. The third kappa shape index (κ3) is 7.69. The molecule has 2 aromatic rings. The minimum atomic E-state index is -5.08. The molecular formula is C26H32F5N5O4. The van der Waals surface area contributed by atoms with Gasteiger partial charge in [-0.1, -0.05) is 0 Å². The first kappa shape index (κ1) is 30.8. The van der Waals surface area contributed by atoms with Crippen LogP contribution in [0.1, 0.15) is 58.0 Å². The summed E-state index contributed by atoms with van der Waals surface area (Å²) in [6.45, 7) is 9.67. The molecule has 9 nitrogen and oxygen atoms in total. The van der Waals surface area contributed by atoms with Crippen molar-refractivity contribution in [2.24, 2.45) is 0 Å². The topological polar surface area (TPSA) is 108 Å². The van der Waals surface area contributed by atoms with E-state index in [1.54, 1.807) is 6.92 Å². The summed E-state index contributed by atoms with van der Waals surface area (Å²) in [5.41, 5.74) is 1.77. The van der Waals surface area contributed by atoms with Gasteiger partial charge in [-0.15, -0.1) is 0 Å². The third-order valence-electron chi connectivity index (χ3n) is 6.43. The van der Waals surface area contributed by atoms with Crippen LogP contribution in [0.15, 0.2) is 18.2 Å². The molecule has 40 heavy (non-hydrogen) atoms. The summed E-state index contributed by atoms with van der Waals surface area (Å²) in [4.78, 5) is 34.8. The molecule has 2 N–H and O–H groups in total. The number of rotatable bonds is 5. The molecule has 1 saturated heterocycles. The SMILES string of the molecule is CC(=O)N1CCc2nc(N3CCC(Oc4ccc(F)cc4F)CC3)c(NC(C)C)nc2C1C.O=C(O)C(F)(F)F. The van der Waals surface area contributed by atoms with Gasteiger partial charge in [0.25, 0.3) is 0 Å². The number of amides is 1. The largest absolute Gasteiger partial charge is 0.490 e. The van der Waals surface area contributed by atoms with Crippen LogP contribution in [0.5, 0.6) is 5.75 Å². The highest BCUT2D eigenvalue weighted by atomic mass is 19.4. The number of aliphatic carboxylic acids is 1. The molecule has 0 saturated carbocycles. The molecule has 1 atom stereocenters. The van der Waals surface area contributed by atoms with Crippen LogP contribution in [0.2, 0.25) is 0 Å². The fraction of sp³-hybridized carbons (Fsp3) is 0.538. The molecule has 0 aliphatic carbocycles. The number of nitrogens with zero attached hydrogens (tertiary/aromatic N) is 4. The predicted octanol–water partition coefficient (Wildman–Crippen LogP) is 4.72. The fourth-order valence-corrected chi connectivity index (χ4v) is 4.52. The maximum atomic E-state index is 14.0. The van der Waals surface area contributed by atoms with E-state index >= 15 is 0 Å². The van der Waals surface area contributed by atoms with Crippen LogP contribution in [0.25, 0.3) is 0 Å². The first-order chi connectivity index (χ1) is 18.7. The number of halogens is 5. The molecule has 3 heterocycles. The van der Waals surface area contributed by atoms with Crippen molar-refractivity contribution in [2.75, 3.05) is 29.9 Å². The zero-order valence-electron chi connectivity index (χ0n) is 22.6. The van der Waals surface area contributed by atoms with Crippen LogP contribution in [-0.2, 0) is 16.0 Å². The van der Waals surface area contributed by atoms with E-state index in [0.717, 1.165) is 23.3 Å². The highest BCUT2D eigenvalue weighted by Gasteiger charge is 2.38. The minimum absolute atomic E-state index is 0.0389.